The number of anilines is 2. The molecule has 7 nitrogen and oxygen atoms in total. The predicted octanol–water partition coefficient (Wildman–Crippen LogP) is 4.99. The lowest BCUT2D eigenvalue weighted by Crippen LogP contribution is -2.31. The summed E-state index contributed by atoms with van der Waals surface area (Å²) in [5.41, 5.74) is 0.989. The summed E-state index contributed by atoms with van der Waals surface area (Å²) < 4.78 is 0. The lowest BCUT2D eigenvalue weighted by Gasteiger charge is -2.17. The fourth-order valence-corrected chi connectivity index (χ4v) is 3.05. The Morgan fingerprint density at radius 3 is 2.50 bits per heavy atom. The van der Waals surface area contributed by atoms with Gasteiger partial charge in [-0.05, 0) is 50.6 Å². The second-order valence-electron chi connectivity index (χ2n) is 6.59. The minimum Gasteiger partial charge on any atom is -0.350 e. The average Bonchev–Trinajstić information content (AvgIpc) is 2.63. The highest BCUT2D eigenvalue weighted by atomic mass is 35.5. The normalized spacial score (nSPS) is 11.2. The van der Waals surface area contributed by atoms with Crippen LogP contribution in [-0.4, -0.2) is 28.0 Å². The Kier molecular flexibility index (Phi) is 8.23. The summed E-state index contributed by atoms with van der Waals surface area (Å²) in [6.07, 6.45) is 2.61. The lowest BCUT2D eigenvalue weighted by atomic mass is 10.1. The fourth-order valence-electron chi connectivity index (χ4n) is 2.50. The predicted molar refractivity (Wildman–Crippen MR) is 122 cm³/mol. The molecule has 1 aromatic heterocycles. The van der Waals surface area contributed by atoms with Gasteiger partial charge in [-0.15, -0.1) is 0 Å². The second-order valence-corrected chi connectivity index (χ2v) is 7.84. The number of rotatable bonds is 7. The van der Waals surface area contributed by atoms with E-state index in [1.807, 2.05) is 13.8 Å². The molecule has 30 heavy (non-hydrogen) atoms. The third-order valence-corrected chi connectivity index (χ3v) is 4.36. The quantitative estimate of drug-likeness (QED) is 0.339. The summed E-state index contributed by atoms with van der Waals surface area (Å²) in [4.78, 5) is 29.6. The van der Waals surface area contributed by atoms with Gasteiger partial charge < -0.3 is 16.0 Å². The maximum absolute atomic E-state index is 13.0. The van der Waals surface area contributed by atoms with Gasteiger partial charge in [-0.3, -0.25) is 15.0 Å². The van der Waals surface area contributed by atoms with Crippen molar-refractivity contribution in [1.29, 1.82) is 5.41 Å². The van der Waals surface area contributed by atoms with Crippen molar-refractivity contribution in [2.75, 3.05) is 10.6 Å². The van der Waals surface area contributed by atoms with Crippen LogP contribution in [0.1, 0.15) is 29.8 Å². The van der Waals surface area contributed by atoms with Crippen LogP contribution in [-0.2, 0) is 4.79 Å². The average molecular weight is 469 g/mol. The number of nitrogens with zero attached hydrogens (tertiary/aromatic N) is 1. The molecule has 0 aliphatic rings. The number of hydrogen-bond acceptors (Lipinski definition) is 5. The standard InChI is InChI=1S/C20H20Cl3N5O2/c1-10(2)26-19(29)13-8-12(21)7-11(3)17(13)28-20(30)15(9-16(23)24)27-18-14(22)5-4-6-25-18/h4-10,24H,1-3H3,(H,25,27)(H,26,29)(H,28,30). The van der Waals surface area contributed by atoms with Gasteiger partial charge in [-0.2, -0.15) is 0 Å². The van der Waals surface area contributed by atoms with E-state index >= 15 is 0 Å². The molecule has 0 aliphatic carbocycles. The van der Waals surface area contributed by atoms with Crippen molar-refractivity contribution in [2.24, 2.45) is 0 Å². The molecule has 0 spiro atoms. The number of aryl methyl sites for hydroxylation is 1. The Hall–Kier alpha value is -2.61. The molecular formula is C20H20Cl3N5O2. The third-order valence-electron chi connectivity index (χ3n) is 3.73. The van der Waals surface area contributed by atoms with Crippen LogP contribution in [0, 0.1) is 12.3 Å². The van der Waals surface area contributed by atoms with Gasteiger partial charge in [0.25, 0.3) is 11.8 Å². The molecule has 1 heterocycles. The molecule has 0 aliphatic heterocycles. The Labute approximate surface area is 189 Å². The highest BCUT2D eigenvalue weighted by molar-refractivity contribution is 6.67. The zero-order valence-electron chi connectivity index (χ0n) is 16.4. The summed E-state index contributed by atoms with van der Waals surface area (Å²) >= 11 is 17.9. The van der Waals surface area contributed by atoms with Crippen molar-refractivity contribution in [2.45, 2.75) is 26.8 Å². The van der Waals surface area contributed by atoms with E-state index in [1.165, 1.54) is 12.3 Å². The van der Waals surface area contributed by atoms with Crippen LogP contribution in [0.4, 0.5) is 11.5 Å². The van der Waals surface area contributed by atoms with Crippen LogP contribution < -0.4 is 16.0 Å². The lowest BCUT2D eigenvalue weighted by molar-refractivity contribution is -0.112. The van der Waals surface area contributed by atoms with Crippen molar-refractivity contribution < 1.29 is 9.59 Å². The second kappa shape index (κ2) is 10.4. The van der Waals surface area contributed by atoms with Gasteiger partial charge in [0.2, 0.25) is 0 Å². The molecule has 2 amide bonds. The molecule has 0 saturated carbocycles. The van der Waals surface area contributed by atoms with Crippen LogP contribution in [0.5, 0.6) is 0 Å². The van der Waals surface area contributed by atoms with E-state index < -0.39 is 5.91 Å². The van der Waals surface area contributed by atoms with Gasteiger partial charge in [-0.25, -0.2) is 4.98 Å². The van der Waals surface area contributed by atoms with Crippen molar-refractivity contribution >= 4 is 63.3 Å². The highest BCUT2D eigenvalue weighted by Gasteiger charge is 2.20. The van der Waals surface area contributed by atoms with Crippen molar-refractivity contribution in [3.8, 4) is 0 Å². The SMILES string of the molecule is Cc1cc(Cl)cc(C(=O)NC(C)C)c1NC(=O)C(=CC(=N)Cl)Nc1ncccc1Cl. The maximum atomic E-state index is 13.0. The van der Waals surface area contributed by atoms with E-state index in [4.69, 9.17) is 40.2 Å². The first kappa shape index (κ1) is 23.7. The number of carbonyl (C=O) groups is 2. The summed E-state index contributed by atoms with van der Waals surface area (Å²) in [6.45, 7) is 5.35. The molecular weight excluding hydrogens is 449 g/mol. The molecule has 10 heteroatoms. The largest absolute Gasteiger partial charge is 0.350 e. The Bertz CT molecular complexity index is 1020. The summed E-state index contributed by atoms with van der Waals surface area (Å²) in [5, 5.41) is 16.0. The van der Waals surface area contributed by atoms with E-state index in [2.05, 4.69) is 20.9 Å². The molecule has 0 fully saturated rings. The molecule has 2 rings (SSSR count). The van der Waals surface area contributed by atoms with Gasteiger partial charge in [0.15, 0.2) is 0 Å². The van der Waals surface area contributed by atoms with E-state index in [9.17, 15) is 9.59 Å². The molecule has 2 aromatic rings. The minimum atomic E-state index is -0.647. The number of benzene rings is 1. The van der Waals surface area contributed by atoms with Gasteiger partial charge in [0, 0.05) is 23.3 Å². The summed E-state index contributed by atoms with van der Waals surface area (Å²) in [6, 6.07) is 6.21. The highest BCUT2D eigenvalue weighted by Crippen LogP contribution is 2.27. The smallest absolute Gasteiger partial charge is 0.272 e. The first-order valence-corrected chi connectivity index (χ1v) is 9.97. The molecule has 0 atom stereocenters. The van der Waals surface area contributed by atoms with Crippen molar-refractivity contribution in [1.82, 2.24) is 10.3 Å². The molecule has 158 valence electrons. The van der Waals surface area contributed by atoms with Crippen LogP contribution in [0.2, 0.25) is 10.0 Å². The van der Waals surface area contributed by atoms with Crippen LogP contribution >= 0.6 is 34.8 Å². The number of pyridine rings is 1. The first-order valence-electron chi connectivity index (χ1n) is 8.84. The van der Waals surface area contributed by atoms with E-state index in [-0.39, 0.29) is 44.9 Å². The number of allylic oxidation sites excluding steroid dienone is 1. The molecule has 1 aromatic carbocycles. The number of aromatic nitrogens is 1. The summed E-state index contributed by atoms with van der Waals surface area (Å²) in [5.74, 6) is -0.822. The Balaban J connectivity index is 2.41. The molecule has 0 unspecified atom stereocenters. The zero-order valence-corrected chi connectivity index (χ0v) is 18.7. The topological polar surface area (TPSA) is 107 Å². The van der Waals surface area contributed by atoms with Gasteiger partial charge in [0.05, 0.1) is 16.3 Å². The number of hydrogen-bond donors (Lipinski definition) is 4. The Morgan fingerprint density at radius 2 is 1.90 bits per heavy atom. The van der Waals surface area contributed by atoms with Crippen LogP contribution in [0.25, 0.3) is 0 Å². The number of carbonyl (C=O) groups excluding carboxylic acids is 2. The Morgan fingerprint density at radius 1 is 1.20 bits per heavy atom. The maximum Gasteiger partial charge on any atom is 0.272 e. The molecule has 4 N–H and O–H groups in total. The van der Waals surface area contributed by atoms with E-state index in [0.717, 1.165) is 6.08 Å². The van der Waals surface area contributed by atoms with E-state index in [0.29, 0.717) is 10.6 Å². The number of amides is 2. The number of nitrogens with one attached hydrogen (secondary N) is 4. The molecule has 0 radical (unpaired) electrons. The monoisotopic (exact) mass is 467 g/mol. The zero-order chi connectivity index (χ0) is 22.4. The molecule has 0 saturated heterocycles. The van der Waals surface area contributed by atoms with Crippen LogP contribution in [0.15, 0.2) is 42.2 Å². The van der Waals surface area contributed by atoms with E-state index in [1.54, 1.807) is 25.1 Å². The number of halogens is 3. The van der Waals surface area contributed by atoms with Crippen LogP contribution in [0.3, 0.4) is 0 Å². The minimum absolute atomic E-state index is 0.0832. The molecule has 0 bridgehead atoms. The summed E-state index contributed by atoms with van der Waals surface area (Å²) in [7, 11) is 0. The van der Waals surface area contributed by atoms with Gasteiger partial charge >= 0.3 is 0 Å². The van der Waals surface area contributed by atoms with Crippen molar-refractivity contribution in [3.05, 3.63) is 63.4 Å². The third kappa shape index (κ3) is 6.45. The fraction of sp³-hybridized carbons (Fsp3) is 0.200. The first-order chi connectivity index (χ1) is 14.1. The van der Waals surface area contributed by atoms with Gasteiger partial charge in [-0.1, -0.05) is 34.8 Å². The van der Waals surface area contributed by atoms with Crippen molar-refractivity contribution in [3.63, 3.8) is 0 Å². The van der Waals surface area contributed by atoms with Gasteiger partial charge in [0.1, 0.15) is 16.7 Å².